The minimum atomic E-state index is -0.298. The van der Waals surface area contributed by atoms with Crippen LogP contribution in [0, 0.1) is 0 Å². The molecule has 5 nitrogen and oxygen atoms in total. The van der Waals surface area contributed by atoms with Gasteiger partial charge in [-0.3, -0.25) is 9.59 Å². The van der Waals surface area contributed by atoms with E-state index in [2.05, 4.69) is 31.2 Å². The molecule has 0 aliphatic heterocycles. The lowest BCUT2D eigenvalue weighted by Crippen LogP contribution is -2.14. The van der Waals surface area contributed by atoms with Crippen LogP contribution in [0.5, 0.6) is 0 Å². The van der Waals surface area contributed by atoms with E-state index in [-0.39, 0.29) is 17.2 Å². The second-order valence-corrected chi connectivity index (χ2v) is 5.72. The van der Waals surface area contributed by atoms with Gasteiger partial charge in [-0.15, -0.1) is 0 Å². The number of carbonyl (C=O) groups is 1. The van der Waals surface area contributed by atoms with Gasteiger partial charge in [0.15, 0.2) is 0 Å². The molecule has 0 saturated carbocycles. The van der Waals surface area contributed by atoms with Gasteiger partial charge in [0.05, 0.1) is 16.7 Å². The Morgan fingerprint density at radius 2 is 2.00 bits per heavy atom. The van der Waals surface area contributed by atoms with Gasteiger partial charge < -0.3 is 10.3 Å². The van der Waals surface area contributed by atoms with Crippen LogP contribution in [0.15, 0.2) is 51.7 Å². The summed E-state index contributed by atoms with van der Waals surface area (Å²) in [5.41, 5.74) is 2.45. The van der Waals surface area contributed by atoms with Gasteiger partial charge in [0, 0.05) is 17.0 Å². The predicted octanol–water partition coefficient (Wildman–Crippen LogP) is 3.31. The summed E-state index contributed by atoms with van der Waals surface area (Å²) in [5, 5.41) is 2.73. The zero-order chi connectivity index (χ0) is 15.7. The number of nitrogens with zero attached hydrogens (tertiary/aromatic N) is 1. The molecule has 0 radical (unpaired) electrons. The van der Waals surface area contributed by atoms with E-state index in [1.54, 1.807) is 24.3 Å². The van der Waals surface area contributed by atoms with Crippen molar-refractivity contribution < 1.29 is 4.79 Å². The average Bonchev–Trinajstić information content (AvgIpc) is 2.46. The molecular weight excluding hydrogens is 346 g/mol. The van der Waals surface area contributed by atoms with Gasteiger partial charge >= 0.3 is 0 Å². The van der Waals surface area contributed by atoms with Crippen LogP contribution < -0.4 is 10.9 Å². The van der Waals surface area contributed by atoms with E-state index in [1.807, 2.05) is 18.2 Å². The van der Waals surface area contributed by atoms with Crippen LogP contribution in [-0.4, -0.2) is 15.9 Å². The van der Waals surface area contributed by atoms with Crippen molar-refractivity contribution in [3.05, 3.63) is 57.3 Å². The van der Waals surface area contributed by atoms with Gasteiger partial charge in [-0.25, -0.2) is 4.98 Å². The lowest BCUT2D eigenvalue weighted by atomic mass is 10.1. The SMILES string of the molecule is CC(=O)Nc1cc(Br)ccc1-c1nc2ccccc2[nH]c1=O. The molecular formula is C16H12BrN3O2. The molecule has 3 aromatic rings. The number of hydrogen-bond acceptors (Lipinski definition) is 3. The summed E-state index contributed by atoms with van der Waals surface area (Å²) < 4.78 is 0.803. The smallest absolute Gasteiger partial charge is 0.275 e. The van der Waals surface area contributed by atoms with Gasteiger partial charge in [0.25, 0.3) is 5.56 Å². The van der Waals surface area contributed by atoms with Crippen molar-refractivity contribution in [2.24, 2.45) is 0 Å². The molecule has 110 valence electrons. The van der Waals surface area contributed by atoms with E-state index in [4.69, 9.17) is 0 Å². The topological polar surface area (TPSA) is 74.8 Å². The van der Waals surface area contributed by atoms with Crippen LogP contribution in [0.3, 0.4) is 0 Å². The standard InChI is InChI=1S/C16H12BrN3O2/c1-9(21)18-14-8-10(17)6-7-11(14)15-16(22)20-13-5-3-2-4-12(13)19-15/h2-8H,1H3,(H,18,21)(H,20,22). The highest BCUT2D eigenvalue weighted by Gasteiger charge is 2.13. The Balaban J connectivity index is 2.25. The number of nitrogens with one attached hydrogen (secondary N) is 2. The molecule has 1 amide bonds. The van der Waals surface area contributed by atoms with Crippen molar-refractivity contribution in [3.63, 3.8) is 0 Å². The van der Waals surface area contributed by atoms with E-state index < -0.39 is 0 Å². The summed E-state index contributed by atoms with van der Waals surface area (Å²) in [7, 11) is 0. The number of aromatic amines is 1. The van der Waals surface area contributed by atoms with Gasteiger partial charge in [0.1, 0.15) is 5.69 Å². The number of benzene rings is 2. The van der Waals surface area contributed by atoms with E-state index in [0.29, 0.717) is 22.3 Å². The summed E-state index contributed by atoms with van der Waals surface area (Å²) >= 11 is 3.36. The number of rotatable bonds is 2. The Morgan fingerprint density at radius 3 is 2.77 bits per heavy atom. The van der Waals surface area contributed by atoms with E-state index in [9.17, 15) is 9.59 Å². The molecule has 6 heteroatoms. The van der Waals surface area contributed by atoms with Crippen molar-refractivity contribution in [1.82, 2.24) is 9.97 Å². The van der Waals surface area contributed by atoms with E-state index in [0.717, 1.165) is 4.47 Å². The Kier molecular flexibility index (Phi) is 3.77. The fraction of sp³-hybridized carbons (Fsp3) is 0.0625. The van der Waals surface area contributed by atoms with Crippen LogP contribution >= 0.6 is 15.9 Å². The van der Waals surface area contributed by atoms with Crippen LogP contribution in [0.2, 0.25) is 0 Å². The highest BCUT2D eigenvalue weighted by atomic mass is 79.9. The van der Waals surface area contributed by atoms with E-state index >= 15 is 0 Å². The number of anilines is 1. The fourth-order valence-corrected chi connectivity index (χ4v) is 2.59. The van der Waals surface area contributed by atoms with Gasteiger partial charge in [-0.2, -0.15) is 0 Å². The quantitative estimate of drug-likeness (QED) is 0.738. The van der Waals surface area contributed by atoms with Gasteiger partial charge in [0.2, 0.25) is 5.91 Å². The summed E-state index contributed by atoms with van der Waals surface area (Å²) in [6, 6.07) is 12.6. The van der Waals surface area contributed by atoms with Crippen LogP contribution in [0.25, 0.3) is 22.3 Å². The molecule has 0 aliphatic carbocycles. The number of halogens is 1. The summed E-state index contributed by atoms with van der Waals surface area (Å²) in [4.78, 5) is 30.9. The van der Waals surface area contributed by atoms with Gasteiger partial charge in [-0.05, 0) is 30.3 Å². The highest BCUT2D eigenvalue weighted by molar-refractivity contribution is 9.10. The van der Waals surface area contributed by atoms with Crippen molar-refractivity contribution in [3.8, 4) is 11.3 Å². The third kappa shape index (κ3) is 2.78. The maximum absolute atomic E-state index is 12.3. The zero-order valence-electron chi connectivity index (χ0n) is 11.7. The first-order chi connectivity index (χ1) is 10.5. The molecule has 1 aromatic heterocycles. The lowest BCUT2D eigenvalue weighted by molar-refractivity contribution is -0.114. The maximum Gasteiger partial charge on any atom is 0.275 e. The minimum Gasteiger partial charge on any atom is -0.326 e. The first-order valence-electron chi connectivity index (χ1n) is 6.61. The second-order valence-electron chi connectivity index (χ2n) is 4.80. The first-order valence-corrected chi connectivity index (χ1v) is 7.40. The Morgan fingerprint density at radius 1 is 1.23 bits per heavy atom. The Bertz CT molecular complexity index is 934. The largest absolute Gasteiger partial charge is 0.326 e. The number of hydrogen-bond donors (Lipinski definition) is 2. The Hall–Kier alpha value is -2.47. The summed E-state index contributed by atoms with van der Waals surface area (Å²) in [6.45, 7) is 1.42. The van der Waals surface area contributed by atoms with Crippen molar-refractivity contribution in [2.45, 2.75) is 6.92 Å². The van der Waals surface area contributed by atoms with Crippen molar-refractivity contribution in [2.75, 3.05) is 5.32 Å². The summed E-state index contributed by atoms with van der Waals surface area (Å²) in [5.74, 6) is -0.212. The predicted molar refractivity (Wildman–Crippen MR) is 89.8 cm³/mol. The number of amides is 1. The molecule has 0 bridgehead atoms. The molecule has 0 saturated heterocycles. The van der Waals surface area contributed by atoms with Crippen LogP contribution in [0.1, 0.15) is 6.92 Å². The molecule has 0 unspecified atom stereocenters. The molecule has 2 N–H and O–H groups in total. The van der Waals surface area contributed by atoms with Crippen LogP contribution in [-0.2, 0) is 4.79 Å². The Labute approximate surface area is 134 Å². The lowest BCUT2D eigenvalue weighted by Gasteiger charge is -2.10. The number of fused-ring (bicyclic) bond motifs is 1. The average molecular weight is 358 g/mol. The molecule has 0 atom stereocenters. The highest BCUT2D eigenvalue weighted by Crippen LogP contribution is 2.28. The fourth-order valence-electron chi connectivity index (χ4n) is 2.23. The number of aromatic nitrogens is 2. The number of H-pyrrole nitrogens is 1. The zero-order valence-corrected chi connectivity index (χ0v) is 13.3. The molecule has 22 heavy (non-hydrogen) atoms. The summed E-state index contributed by atoms with van der Waals surface area (Å²) in [6.07, 6.45) is 0. The molecule has 0 fully saturated rings. The maximum atomic E-state index is 12.3. The van der Waals surface area contributed by atoms with E-state index in [1.165, 1.54) is 6.92 Å². The number of para-hydroxylation sites is 2. The van der Waals surface area contributed by atoms with Crippen molar-refractivity contribution >= 4 is 38.6 Å². The first kappa shape index (κ1) is 14.5. The normalized spacial score (nSPS) is 10.6. The monoisotopic (exact) mass is 357 g/mol. The molecule has 1 heterocycles. The third-order valence-corrected chi connectivity index (χ3v) is 3.64. The molecule has 0 aliphatic rings. The minimum absolute atomic E-state index is 0.212. The number of carbonyl (C=O) groups excluding carboxylic acids is 1. The molecule has 0 spiro atoms. The second kappa shape index (κ2) is 5.73. The molecule has 2 aromatic carbocycles. The van der Waals surface area contributed by atoms with Crippen molar-refractivity contribution in [1.29, 1.82) is 0 Å². The third-order valence-electron chi connectivity index (χ3n) is 3.15. The van der Waals surface area contributed by atoms with Gasteiger partial charge in [-0.1, -0.05) is 28.1 Å². The molecule has 3 rings (SSSR count). The van der Waals surface area contributed by atoms with Crippen LogP contribution in [0.4, 0.5) is 5.69 Å².